The van der Waals surface area contributed by atoms with Crippen LogP contribution in [0.25, 0.3) is 10.8 Å². The predicted molar refractivity (Wildman–Crippen MR) is 116 cm³/mol. The zero-order valence-corrected chi connectivity index (χ0v) is 17.5. The lowest BCUT2D eigenvalue weighted by Crippen LogP contribution is -2.25. The van der Waals surface area contributed by atoms with Crippen LogP contribution in [0.3, 0.4) is 0 Å². The fraction of sp³-hybridized carbons (Fsp3) is 0.217. The van der Waals surface area contributed by atoms with Crippen LogP contribution < -0.4 is 19.5 Å². The molecular weight excluding hydrogens is 402 g/mol. The quantitative estimate of drug-likeness (QED) is 0.610. The number of nitrogens with one attached hydrogen (secondary N) is 1. The van der Waals surface area contributed by atoms with Gasteiger partial charge in [-0.2, -0.15) is 0 Å². The maximum absolute atomic E-state index is 11.7. The van der Waals surface area contributed by atoms with Gasteiger partial charge in [-0.3, -0.25) is 14.9 Å². The van der Waals surface area contributed by atoms with E-state index in [0.29, 0.717) is 18.8 Å². The number of methoxy groups -OCH3 is 2. The highest BCUT2D eigenvalue weighted by Gasteiger charge is 2.31. The number of hydrogen-bond acceptors (Lipinski definition) is 6. The molecule has 0 bridgehead atoms. The van der Waals surface area contributed by atoms with Gasteiger partial charge in [0.25, 0.3) is 5.24 Å². The summed E-state index contributed by atoms with van der Waals surface area (Å²) in [5.41, 5.74) is 1.91. The highest BCUT2D eigenvalue weighted by Crippen LogP contribution is 2.32. The van der Waals surface area contributed by atoms with Crippen LogP contribution in [-0.2, 0) is 17.8 Å². The summed E-state index contributed by atoms with van der Waals surface area (Å²) in [6, 6.07) is 17.4. The van der Waals surface area contributed by atoms with Gasteiger partial charge in [0.2, 0.25) is 5.91 Å². The molecule has 1 N–H and O–H groups in total. The molecule has 0 radical (unpaired) electrons. The fourth-order valence-corrected chi connectivity index (χ4v) is 4.29. The molecule has 4 rings (SSSR count). The second-order valence-electron chi connectivity index (χ2n) is 6.85. The zero-order valence-electron chi connectivity index (χ0n) is 16.6. The average molecular weight is 423 g/mol. The Kier molecular flexibility index (Phi) is 5.81. The van der Waals surface area contributed by atoms with E-state index in [1.165, 1.54) is 0 Å². The number of hydrogen-bond donors (Lipinski definition) is 1. The minimum absolute atomic E-state index is 0.233. The van der Waals surface area contributed by atoms with Crippen LogP contribution in [0.5, 0.6) is 17.2 Å². The van der Waals surface area contributed by atoms with Gasteiger partial charge in [0, 0.05) is 5.56 Å². The lowest BCUT2D eigenvalue weighted by Gasteiger charge is -2.14. The first-order chi connectivity index (χ1) is 14.6. The van der Waals surface area contributed by atoms with Gasteiger partial charge in [-0.1, -0.05) is 36.0 Å². The molecule has 2 amide bonds. The van der Waals surface area contributed by atoms with Crippen LogP contribution in [-0.4, -0.2) is 30.6 Å². The molecule has 7 heteroatoms. The van der Waals surface area contributed by atoms with Gasteiger partial charge in [0.05, 0.1) is 19.5 Å². The molecular formula is C23H21NO5S. The fourth-order valence-electron chi connectivity index (χ4n) is 3.43. The van der Waals surface area contributed by atoms with E-state index < -0.39 is 0 Å². The summed E-state index contributed by atoms with van der Waals surface area (Å²) in [5.74, 6) is 2.00. The van der Waals surface area contributed by atoms with Crippen LogP contribution in [0.15, 0.2) is 54.6 Å². The van der Waals surface area contributed by atoms with Crippen LogP contribution >= 0.6 is 11.8 Å². The Morgan fingerprint density at radius 2 is 1.67 bits per heavy atom. The predicted octanol–water partition coefficient (Wildman–Crippen LogP) is 4.33. The molecule has 1 aliphatic heterocycles. The van der Waals surface area contributed by atoms with Crippen molar-refractivity contribution >= 4 is 33.7 Å². The normalized spacial score (nSPS) is 15.9. The van der Waals surface area contributed by atoms with Crippen molar-refractivity contribution in [3.05, 3.63) is 65.7 Å². The SMILES string of the molecule is COc1ccc2ccc(OC)c(COc3ccc(CC4SC(=O)NC4=O)cc3)c2c1. The Hall–Kier alpha value is -3.19. The maximum atomic E-state index is 11.7. The van der Waals surface area contributed by atoms with E-state index in [0.717, 1.165) is 45.2 Å². The largest absolute Gasteiger partial charge is 0.497 e. The molecule has 3 aromatic carbocycles. The highest BCUT2D eigenvalue weighted by atomic mass is 32.2. The lowest BCUT2D eigenvalue weighted by atomic mass is 10.0. The van der Waals surface area contributed by atoms with Crippen molar-refractivity contribution < 1.29 is 23.8 Å². The number of fused-ring (bicyclic) bond motifs is 1. The van der Waals surface area contributed by atoms with E-state index >= 15 is 0 Å². The van der Waals surface area contributed by atoms with Crippen molar-refractivity contribution in [1.29, 1.82) is 0 Å². The number of carbonyl (C=O) groups is 2. The smallest absolute Gasteiger partial charge is 0.286 e. The molecule has 0 spiro atoms. The van der Waals surface area contributed by atoms with Crippen molar-refractivity contribution in [2.75, 3.05) is 14.2 Å². The number of ether oxygens (including phenoxy) is 3. The van der Waals surface area contributed by atoms with Crippen molar-refractivity contribution in [3.63, 3.8) is 0 Å². The summed E-state index contributed by atoms with van der Waals surface area (Å²) in [6.45, 7) is 0.336. The second-order valence-corrected chi connectivity index (χ2v) is 8.03. The van der Waals surface area contributed by atoms with Crippen molar-refractivity contribution in [2.24, 2.45) is 0 Å². The summed E-state index contributed by atoms with van der Waals surface area (Å²) in [4.78, 5) is 23.0. The van der Waals surface area contributed by atoms with E-state index in [2.05, 4.69) is 5.32 Å². The number of thioether (sulfide) groups is 1. The number of amides is 2. The van der Waals surface area contributed by atoms with Gasteiger partial charge >= 0.3 is 0 Å². The third-order valence-corrected chi connectivity index (χ3v) is 5.99. The Morgan fingerprint density at radius 1 is 0.933 bits per heavy atom. The molecule has 1 fully saturated rings. The van der Waals surface area contributed by atoms with Gasteiger partial charge in [-0.25, -0.2) is 0 Å². The van der Waals surface area contributed by atoms with E-state index in [1.54, 1.807) is 14.2 Å². The summed E-state index contributed by atoms with van der Waals surface area (Å²) >= 11 is 1.03. The molecule has 0 saturated carbocycles. The summed E-state index contributed by atoms with van der Waals surface area (Å²) in [7, 11) is 3.28. The molecule has 1 saturated heterocycles. The molecule has 1 aliphatic rings. The van der Waals surface area contributed by atoms with Crippen molar-refractivity contribution in [3.8, 4) is 17.2 Å². The minimum Gasteiger partial charge on any atom is -0.497 e. The van der Waals surface area contributed by atoms with Gasteiger partial charge < -0.3 is 14.2 Å². The summed E-state index contributed by atoms with van der Waals surface area (Å²) in [6.07, 6.45) is 0.499. The monoisotopic (exact) mass is 423 g/mol. The van der Waals surface area contributed by atoms with Crippen molar-refractivity contribution in [2.45, 2.75) is 18.3 Å². The first-order valence-corrected chi connectivity index (χ1v) is 10.3. The first-order valence-electron chi connectivity index (χ1n) is 9.44. The third-order valence-electron chi connectivity index (χ3n) is 5.01. The molecule has 0 aromatic heterocycles. The van der Waals surface area contributed by atoms with Crippen LogP contribution in [0.1, 0.15) is 11.1 Å². The van der Waals surface area contributed by atoms with E-state index in [4.69, 9.17) is 14.2 Å². The van der Waals surface area contributed by atoms with Gasteiger partial charge in [-0.15, -0.1) is 0 Å². The Balaban J connectivity index is 1.50. The van der Waals surface area contributed by atoms with Crippen LogP contribution in [0.2, 0.25) is 0 Å². The number of imide groups is 1. The van der Waals surface area contributed by atoms with Crippen molar-refractivity contribution in [1.82, 2.24) is 5.32 Å². The minimum atomic E-state index is -0.376. The summed E-state index contributed by atoms with van der Waals surface area (Å²) in [5, 5.41) is 3.74. The van der Waals surface area contributed by atoms with E-state index in [1.807, 2.05) is 54.6 Å². The molecule has 1 heterocycles. The highest BCUT2D eigenvalue weighted by molar-refractivity contribution is 8.15. The number of carbonyl (C=O) groups excluding carboxylic acids is 2. The third kappa shape index (κ3) is 4.21. The maximum Gasteiger partial charge on any atom is 0.286 e. The molecule has 6 nitrogen and oxygen atoms in total. The molecule has 30 heavy (non-hydrogen) atoms. The number of benzene rings is 3. The second kappa shape index (κ2) is 8.67. The zero-order chi connectivity index (χ0) is 21.1. The van der Waals surface area contributed by atoms with E-state index in [9.17, 15) is 9.59 Å². The molecule has 1 unspecified atom stereocenters. The Bertz CT molecular complexity index is 1090. The molecule has 3 aromatic rings. The standard InChI is InChI=1S/C23H21NO5S/c1-27-17-9-5-15-6-10-20(28-2)19(18(15)12-17)13-29-16-7-3-14(4-8-16)11-21-22(25)24-23(26)30-21/h3-10,12,21H,11,13H2,1-2H3,(H,24,25,26). The molecule has 154 valence electrons. The Labute approximate surface area is 178 Å². The Morgan fingerprint density at radius 3 is 2.33 bits per heavy atom. The summed E-state index contributed by atoms with van der Waals surface area (Å²) < 4.78 is 16.9. The molecule has 0 aliphatic carbocycles. The van der Waals surface area contributed by atoms with E-state index in [-0.39, 0.29) is 16.4 Å². The topological polar surface area (TPSA) is 73.9 Å². The van der Waals surface area contributed by atoms with Crippen LogP contribution in [0.4, 0.5) is 4.79 Å². The van der Waals surface area contributed by atoms with Crippen LogP contribution in [0, 0.1) is 0 Å². The van der Waals surface area contributed by atoms with Gasteiger partial charge in [0.1, 0.15) is 23.9 Å². The average Bonchev–Trinajstić information content (AvgIpc) is 3.08. The lowest BCUT2D eigenvalue weighted by molar-refractivity contribution is -0.118. The first kappa shape index (κ1) is 20.1. The number of rotatable bonds is 7. The van der Waals surface area contributed by atoms with Gasteiger partial charge in [-0.05, 0) is 53.1 Å². The molecule has 1 atom stereocenters. The van der Waals surface area contributed by atoms with Gasteiger partial charge in [0.15, 0.2) is 0 Å².